The van der Waals surface area contributed by atoms with E-state index in [1.807, 2.05) is 0 Å². The SMILES string of the molecule is O=C1CC(n2cnc3c(NC4CC4)nc(C(F)(F)F)nc32)CN1. The molecule has 3 heterocycles. The Kier molecular flexibility index (Phi) is 2.97. The van der Waals surface area contributed by atoms with E-state index in [-0.39, 0.29) is 35.9 Å². The van der Waals surface area contributed by atoms with Gasteiger partial charge in [0.2, 0.25) is 11.7 Å². The number of carbonyl (C=O) groups excluding carboxylic acids is 1. The van der Waals surface area contributed by atoms with Crippen molar-refractivity contribution in [2.75, 3.05) is 11.9 Å². The molecule has 23 heavy (non-hydrogen) atoms. The van der Waals surface area contributed by atoms with Gasteiger partial charge in [-0.05, 0) is 12.8 Å². The van der Waals surface area contributed by atoms with Crippen LogP contribution < -0.4 is 10.6 Å². The van der Waals surface area contributed by atoms with Gasteiger partial charge in [0, 0.05) is 19.0 Å². The van der Waals surface area contributed by atoms with E-state index in [1.54, 1.807) is 0 Å². The summed E-state index contributed by atoms with van der Waals surface area (Å²) in [5, 5.41) is 5.63. The third kappa shape index (κ3) is 2.57. The Hall–Kier alpha value is -2.39. The Labute approximate surface area is 128 Å². The molecule has 2 N–H and O–H groups in total. The second kappa shape index (κ2) is 4.80. The molecule has 2 aliphatic rings. The van der Waals surface area contributed by atoms with E-state index in [1.165, 1.54) is 10.9 Å². The van der Waals surface area contributed by atoms with Crippen LogP contribution in [0.25, 0.3) is 11.2 Å². The molecule has 1 saturated carbocycles. The van der Waals surface area contributed by atoms with E-state index in [0.717, 1.165) is 12.8 Å². The quantitative estimate of drug-likeness (QED) is 0.892. The summed E-state index contributed by atoms with van der Waals surface area (Å²) in [4.78, 5) is 22.8. The summed E-state index contributed by atoms with van der Waals surface area (Å²) in [6.07, 6.45) is -1.24. The van der Waals surface area contributed by atoms with Crippen LogP contribution in [0, 0.1) is 0 Å². The molecule has 1 aliphatic heterocycles. The smallest absolute Gasteiger partial charge is 0.365 e. The molecule has 2 aromatic heterocycles. The second-order valence-electron chi connectivity index (χ2n) is 5.80. The van der Waals surface area contributed by atoms with Crippen molar-refractivity contribution in [2.24, 2.45) is 0 Å². The molecule has 1 unspecified atom stereocenters. The average Bonchev–Trinajstić information content (AvgIpc) is 3.02. The summed E-state index contributed by atoms with van der Waals surface area (Å²) >= 11 is 0. The minimum absolute atomic E-state index is 0.0944. The number of hydrogen-bond acceptors (Lipinski definition) is 5. The monoisotopic (exact) mass is 326 g/mol. The van der Waals surface area contributed by atoms with Crippen molar-refractivity contribution >= 4 is 22.9 Å². The highest BCUT2D eigenvalue weighted by Crippen LogP contribution is 2.33. The van der Waals surface area contributed by atoms with Gasteiger partial charge in [-0.25, -0.2) is 15.0 Å². The fourth-order valence-corrected chi connectivity index (χ4v) is 2.62. The molecule has 2 fully saturated rings. The van der Waals surface area contributed by atoms with E-state index >= 15 is 0 Å². The fraction of sp³-hybridized carbons (Fsp3) is 0.538. The maximum absolute atomic E-state index is 13.1. The number of imidazole rings is 1. The zero-order valence-corrected chi connectivity index (χ0v) is 11.9. The molecule has 0 radical (unpaired) electrons. The molecule has 0 aromatic carbocycles. The van der Waals surface area contributed by atoms with Crippen LogP contribution in [0.1, 0.15) is 31.1 Å². The second-order valence-corrected chi connectivity index (χ2v) is 5.80. The van der Waals surface area contributed by atoms with Crippen LogP contribution >= 0.6 is 0 Å². The Morgan fingerprint density at radius 1 is 1.30 bits per heavy atom. The molecule has 10 heteroatoms. The van der Waals surface area contributed by atoms with E-state index in [0.29, 0.717) is 12.1 Å². The minimum atomic E-state index is -4.65. The number of nitrogens with zero attached hydrogens (tertiary/aromatic N) is 4. The topological polar surface area (TPSA) is 84.7 Å². The summed E-state index contributed by atoms with van der Waals surface area (Å²) in [6, 6.07) is -0.161. The molecule has 1 saturated heterocycles. The van der Waals surface area contributed by atoms with Gasteiger partial charge >= 0.3 is 6.18 Å². The van der Waals surface area contributed by atoms with E-state index in [2.05, 4.69) is 25.6 Å². The van der Waals surface area contributed by atoms with Crippen LogP contribution in [-0.4, -0.2) is 38.0 Å². The van der Waals surface area contributed by atoms with Crippen LogP contribution in [0.4, 0.5) is 19.0 Å². The standard InChI is InChI=1S/C13H13F3N6O/c14-13(15,16)12-20-10(19-6-1-2-6)9-11(21-12)22(5-18-9)7-3-8(23)17-4-7/h5-7H,1-4H2,(H,17,23)(H,19,20,21). The number of nitrogens with one attached hydrogen (secondary N) is 2. The number of rotatable bonds is 3. The molecule has 0 spiro atoms. The number of carbonyl (C=O) groups is 1. The Morgan fingerprint density at radius 3 is 2.70 bits per heavy atom. The molecule has 1 atom stereocenters. The van der Waals surface area contributed by atoms with Crippen molar-refractivity contribution < 1.29 is 18.0 Å². The van der Waals surface area contributed by atoms with Crippen molar-refractivity contribution in [3.63, 3.8) is 0 Å². The zero-order chi connectivity index (χ0) is 16.2. The summed E-state index contributed by atoms with van der Waals surface area (Å²) in [6.45, 7) is 0.348. The van der Waals surface area contributed by atoms with Gasteiger partial charge < -0.3 is 15.2 Å². The van der Waals surface area contributed by atoms with Crippen LogP contribution in [-0.2, 0) is 11.0 Å². The summed E-state index contributed by atoms with van der Waals surface area (Å²) < 4.78 is 40.7. The number of halogens is 3. The van der Waals surface area contributed by atoms with Crippen molar-refractivity contribution in [1.82, 2.24) is 24.8 Å². The first-order valence-electron chi connectivity index (χ1n) is 7.27. The van der Waals surface area contributed by atoms with Gasteiger partial charge in [0.15, 0.2) is 11.5 Å². The predicted molar refractivity (Wildman–Crippen MR) is 73.6 cm³/mol. The van der Waals surface area contributed by atoms with Gasteiger partial charge in [-0.15, -0.1) is 0 Å². The number of hydrogen-bond donors (Lipinski definition) is 2. The molecule has 0 bridgehead atoms. The molecule has 4 rings (SSSR count). The first kappa shape index (κ1) is 14.2. The molecule has 7 nitrogen and oxygen atoms in total. The highest BCUT2D eigenvalue weighted by Gasteiger charge is 2.37. The minimum Gasteiger partial charge on any atom is -0.365 e. The van der Waals surface area contributed by atoms with Gasteiger partial charge in [-0.2, -0.15) is 13.2 Å². The van der Waals surface area contributed by atoms with E-state index in [4.69, 9.17) is 0 Å². The van der Waals surface area contributed by atoms with Gasteiger partial charge in [-0.1, -0.05) is 0 Å². The molecular weight excluding hydrogens is 313 g/mol. The number of aromatic nitrogens is 4. The Bertz CT molecular complexity index is 782. The Morgan fingerprint density at radius 2 is 2.09 bits per heavy atom. The molecule has 1 aliphatic carbocycles. The third-order valence-corrected chi connectivity index (χ3v) is 3.94. The molecule has 122 valence electrons. The van der Waals surface area contributed by atoms with Crippen molar-refractivity contribution in [1.29, 1.82) is 0 Å². The predicted octanol–water partition coefficient (Wildman–Crippen LogP) is 1.48. The highest BCUT2D eigenvalue weighted by atomic mass is 19.4. The first-order valence-corrected chi connectivity index (χ1v) is 7.27. The molecular formula is C13H13F3N6O. The normalized spacial score (nSPS) is 21.7. The fourth-order valence-electron chi connectivity index (χ4n) is 2.62. The summed E-state index contributed by atoms with van der Waals surface area (Å²) in [5.74, 6) is -1.24. The number of anilines is 1. The van der Waals surface area contributed by atoms with Crippen molar-refractivity contribution in [3.8, 4) is 0 Å². The largest absolute Gasteiger partial charge is 0.451 e. The number of amides is 1. The molecule has 1 amide bonds. The maximum Gasteiger partial charge on any atom is 0.451 e. The lowest BCUT2D eigenvalue weighted by Gasteiger charge is -2.13. The number of fused-ring (bicyclic) bond motifs is 1. The lowest BCUT2D eigenvalue weighted by atomic mass is 10.2. The lowest BCUT2D eigenvalue weighted by Crippen LogP contribution is -2.17. The molecule has 2 aromatic rings. The van der Waals surface area contributed by atoms with Gasteiger partial charge in [0.1, 0.15) is 5.52 Å². The first-order chi connectivity index (χ1) is 10.9. The number of alkyl halides is 3. The van der Waals surface area contributed by atoms with Crippen molar-refractivity contribution in [2.45, 2.75) is 37.5 Å². The van der Waals surface area contributed by atoms with Gasteiger partial charge in [0.05, 0.1) is 12.4 Å². The van der Waals surface area contributed by atoms with Gasteiger partial charge in [0.25, 0.3) is 0 Å². The van der Waals surface area contributed by atoms with Gasteiger partial charge in [-0.3, -0.25) is 4.79 Å². The summed E-state index contributed by atoms with van der Waals surface area (Å²) in [5.41, 5.74) is 0.390. The highest BCUT2D eigenvalue weighted by molar-refractivity contribution is 5.84. The van der Waals surface area contributed by atoms with Crippen LogP contribution in [0.5, 0.6) is 0 Å². The Balaban J connectivity index is 1.84. The third-order valence-electron chi connectivity index (χ3n) is 3.94. The summed E-state index contributed by atoms with van der Waals surface area (Å²) in [7, 11) is 0. The van der Waals surface area contributed by atoms with E-state index < -0.39 is 12.0 Å². The van der Waals surface area contributed by atoms with E-state index in [9.17, 15) is 18.0 Å². The van der Waals surface area contributed by atoms with Crippen LogP contribution in [0.3, 0.4) is 0 Å². The lowest BCUT2D eigenvalue weighted by molar-refractivity contribution is -0.144. The average molecular weight is 326 g/mol. The van der Waals surface area contributed by atoms with Crippen molar-refractivity contribution in [3.05, 3.63) is 12.2 Å². The maximum atomic E-state index is 13.1. The zero-order valence-electron chi connectivity index (χ0n) is 11.9. The van der Waals surface area contributed by atoms with Crippen LogP contribution in [0.15, 0.2) is 6.33 Å². The van der Waals surface area contributed by atoms with Crippen LogP contribution in [0.2, 0.25) is 0 Å².